The number of nitrogens with two attached hydrogens (primary N) is 1. The van der Waals surface area contributed by atoms with Crippen LogP contribution in [0.4, 0.5) is 5.69 Å². The Labute approximate surface area is 133 Å². The van der Waals surface area contributed by atoms with Gasteiger partial charge >= 0.3 is 0 Å². The second kappa shape index (κ2) is 5.81. The monoisotopic (exact) mass is 310 g/mol. The van der Waals surface area contributed by atoms with Crippen LogP contribution in [0.1, 0.15) is 16.8 Å². The van der Waals surface area contributed by atoms with Gasteiger partial charge in [0, 0.05) is 18.1 Å². The van der Waals surface area contributed by atoms with E-state index in [1.54, 1.807) is 10.5 Å². The first kappa shape index (κ1) is 15.2. The van der Waals surface area contributed by atoms with Crippen molar-refractivity contribution in [2.45, 2.75) is 20.3 Å². The van der Waals surface area contributed by atoms with Gasteiger partial charge in [0.2, 0.25) is 0 Å². The van der Waals surface area contributed by atoms with Gasteiger partial charge in [0.15, 0.2) is 0 Å². The summed E-state index contributed by atoms with van der Waals surface area (Å²) in [5, 5.41) is 11.0. The SMILES string of the molecule is Cc1ccc(-c2nc3ccc([N+](=O)[O-])cn3c2CCN)c(C)c1. The molecule has 3 aromatic rings. The van der Waals surface area contributed by atoms with E-state index in [0.29, 0.717) is 18.6 Å². The molecule has 2 heterocycles. The number of rotatable bonds is 4. The molecule has 2 aromatic heterocycles. The van der Waals surface area contributed by atoms with Crippen molar-refractivity contribution in [3.05, 3.63) is 63.5 Å². The highest BCUT2D eigenvalue weighted by Gasteiger charge is 2.17. The van der Waals surface area contributed by atoms with Crippen molar-refractivity contribution in [2.24, 2.45) is 5.73 Å². The first-order chi connectivity index (χ1) is 11.0. The normalized spacial score (nSPS) is 11.1. The summed E-state index contributed by atoms with van der Waals surface area (Å²) in [7, 11) is 0. The Morgan fingerprint density at radius 2 is 2.04 bits per heavy atom. The summed E-state index contributed by atoms with van der Waals surface area (Å²) in [5.74, 6) is 0. The van der Waals surface area contributed by atoms with Crippen LogP contribution >= 0.6 is 0 Å². The van der Waals surface area contributed by atoms with Crippen LogP contribution in [0.3, 0.4) is 0 Å². The average molecular weight is 310 g/mol. The highest BCUT2D eigenvalue weighted by Crippen LogP contribution is 2.29. The molecular formula is C17H18N4O2. The maximum atomic E-state index is 11.0. The van der Waals surface area contributed by atoms with Gasteiger partial charge in [0.25, 0.3) is 5.69 Å². The fourth-order valence-corrected chi connectivity index (χ4v) is 2.86. The molecule has 0 aliphatic rings. The Bertz CT molecular complexity index is 899. The molecule has 0 spiro atoms. The van der Waals surface area contributed by atoms with Crippen LogP contribution < -0.4 is 5.73 Å². The lowest BCUT2D eigenvalue weighted by atomic mass is 10.0. The number of hydrogen-bond donors (Lipinski definition) is 1. The predicted molar refractivity (Wildman–Crippen MR) is 89.5 cm³/mol. The quantitative estimate of drug-likeness (QED) is 0.593. The molecule has 118 valence electrons. The Balaban J connectivity index is 2.27. The predicted octanol–water partition coefficient (Wildman–Crippen LogP) is 3.03. The standard InChI is InChI=1S/C17H18N4O2/c1-11-3-5-14(12(2)9-11)17-15(7-8-18)20-10-13(21(22)23)4-6-16(20)19-17/h3-6,9-10H,7-8,18H2,1-2H3. The third-order valence-electron chi connectivity index (χ3n) is 3.93. The second-order valence-electron chi connectivity index (χ2n) is 5.64. The Hall–Kier alpha value is -2.73. The molecule has 3 rings (SSSR count). The average Bonchev–Trinajstić information content (AvgIpc) is 2.85. The first-order valence-electron chi connectivity index (χ1n) is 7.44. The van der Waals surface area contributed by atoms with E-state index in [4.69, 9.17) is 5.73 Å². The van der Waals surface area contributed by atoms with Gasteiger partial charge < -0.3 is 5.73 Å². The van der Waals surface area contributed by atoms with Gasteiger partial charge in [0.1, 0.15) is 5.65 Å². The number of benzene rings is 1. The summed E-state index contributed by atoms with van der Waals surface area (Å²) in [6.45, 7) is 4.54. The number of imidazole rings is 1. The van der Waals surface area contributed by atoms with Gasteiger partial charge in [-0.2, -0.15) is 0 Å². The van der Waals surface area contributed by atoms with E-state index in [1.807, 2.05) is 26.0 Å². The second-order valence-corrected chi connectivity index (χ2v) is 5.64. The van der Waals surface area contributed by atoms with Crippen molar-refractivity contribution in [3.63, 3.8) is 0 Å². The van der Waals surface area contributed by atoms with Crippen molar-refractivity contribution in [3.8, 4) is 11.3 Å². The van der Waals surface area contributed by atoms with E-state index in [9.17, 15) is 10.1 Å². The summed E-state index contributed by atoms with van der Waals surface area (Å²) < 4.78 is 1.78. The third kappa shape index (κ3) is 2.68. The summed E-state index contributed by atoms with van der Waals surface area (Å²) >= 11 is 0. The zero-order valence-electron chi connectivity index (χ0n) is 13.1. The zero-order chi connectivity index (χ0) is 16.6. The summed E-state index contributed by atoms with van der Waals surface area (Å²) in [5.41, 5.74) is 11.6. The van der Waals surface area contributed by atoms with E-state index in [1.165, 1.54) is 17.8 Å². The molecule has 1 aromatic carbocycles. The number of aryl methyl sites for hydroxylation is 2. The van der Waals surface area contributed by atoms with Crippen molar-refractivity contribution < 1.29 is 4.92 Å². The molecule has 23 heavy (non-hydrogen) atoms. The lowest BCUT2D eigenvalue weighted by Gasteiger charge is -2.07. The molecule has 0 bridgehead atoms. The van der Waals surface area contributed by atoms with Crippen molar-refractivity contribution >= 4 is 11.3 Å². The molecule has 6 nitrogen and oxygen atoms in total. The Morgan fingerprint density at radius 3 is 2.70 bits per heavy atom. The number of nitro groups is 1. The lowest BCUT2D eigenvalue weighted by molar-refractivity contribution is -0.385. The van der Waals surface area contributed by atoms with Gasteiger partial charge in [0.05, 0.1) is 22.5 Å². The van der Waals surface area contributed by atoms with Crippen LogP contribution in [0.2, 0.25) is 0 Å². The number of nitrogens with zero attached hydrogens (tertiary/aromatic N) is 3. The van der Waals surface area contributed by atoms with Gasteiger partial charge in [-0.1, -0.05) is 23.8 Å². The highest BCUT2D eigenvalue weighted by atomic mass is 16.6. The molecular weight excluding hydrogens is 292 g/mol. The van der Waals surface area contributed by atoms with Gasteiger partial charge in [-0.15, -0.1) is 0 Å². The van der Waals surface area contributed by atoms with E-state index >= 15 is 0 Å². The molecule has 0 fully saturated rings. The van der Waals surface area contributed by atoms with Crippen molar-refractivity contribution in [1.29, 1.82) is 0 Å². The first-order valence-corrected chi connectivity index (χ1v) is 7.44. The van der Waals surface area contributed by atoms with Crippen LogP contribution in [0.5, 0.6) is 0 Å². The molecule has 0 aliphatic carbocycles. The van der Waals surface area contributed by atoms with Crippen LogP contribution in [0.25, 0.3) is 16.9 Å². The Kier molecular flexibility index (Phi) is 3.83. The summed E-state index contributed by atoms with van der Waals surface area (Å²) in [6, 6.07) is 9.33. The maximum absolute atomic E-state index is 11.0. The van der Waals surface area contributed by atoms with E-state index < -0.39 is 4.92 Å². The van der Waals surface area contributed by atoms with Gasteiger partial charge in [-0.05, 0) is 32.0 Å². The number of fused-ring (bicyclic) bond motifs is 1. The summed E-state index contributed by atoms with van der Waals surface area (Å²) in [4.78, 5) is 15.3. The fraction of sp³-hybridized carbons (Fsp3) is 0.235. The molecule has 6 heteroatoms. The summed E-state index contributed by atoms with van der Waals surface area (Å²) in [6.07, 6.45) is 2.12. The number of hydrogen-bond acceptors (Lipinski definition) is 4. The van der Waals surface area contributed by atoms with E-state index in [-0.39, 0.29) is 5.69 Å². The van der Waals surface area contributed by atoms with Crippen molar-refractivity contribution in [2.75, 3.05) is 6.54 Å². The lowest BCUT2D eigenvalue weighted by Crippen LogP contribution is -2.06. The molecule has 0 atom stereocenters. The molecule has 0 unspecified atom stereocenters. The topological polar surface area (TPSA) is 86.5 Å². The molecule has 0 saturated carbocycles. The molecule has 0 saturated heterocycles. The van der Waals surface area contributed by atoms with Gasteiger partial charge in [-0.25, -0.2) is 4.98 Å². The fourth-order valence-electron chi connectivity index (χ4n) is 2.86. The minimum absolute atomic E-state index is 0.0420. The maximum Gasteiger partial charge on any atom is 0.286 e. The number of aromatic nitrogens is 2. The van der Waals surface area contributed by atoms with Gasteiger partial charge in [-0.3, -0.25) is 14.5 Å². The van der Waals surface area contributed by atoms with E-state index in [2.05, 4.69) is 11.1 Å². The minimum atomic E-state index is -0.400. The van der Waals surface area contributed by atoms with Crippen molar-refractivity contribution in [1.82, 2.24) is 9.38 Å². The molecule has 0 aliphatic heterocycles. The highest BCUT2D eigenvalue weighted by molar-refractivity contribution is 5.70. The third-order valence-corrected chi connectivity index (χ3v) is 3.93. The zero-order valence-corrected chi connectivity index (χ0v) is 13.1. The Morgan fingerprint density at radius 1 is 1.26 bits per heavy atom. The smallest absolute Gasteiger partial charge is 0.286 e. The van der Waals surface area contributed by atoms with Crippen LogP contribution in [-0.4, -0.2) is 20.9 Å². The minimum Gasteiger partial charge on any atom is -0.330 e. The van der Waals surface area contributed by atoms with Crippen LogP contribution in [0.15, 0.2) is 36.5 Å². The molecule has 2 N–H and O–H groups in total. The molecule has 0 radical (unpaired) electrons. The van der Waals surface area contributed by atoms with Crippen LogP contribution in [-0.2, 0) is 6.42 Å². The molecule has 0 amide bonds. The number of pyridine rings is 1. The van der Waals surface area contributed by atoms with Crippen LogP contribution in [0, 0.1) is 24.0 Å². The largest absolute Gasteiger partial charge is 0.330 e. The van der Waals surface area contributed by atoms with E-state index in [0.717, 1.165) is 22.5 Å².